The highest BCUT2D eigenvalue weighted by atomic mass is 14.3. The first-order chi connectivity index (χ1) is 22.9. The second kappa shape index (κ2) is 8.93. The standard InChI is InChI=1S/C46H28/c1-3-15-27(16-4-1)37-29-19-7-9-21-31(29)41-44-36-26-14-12-24-34(36)40-38(28-17-5-2-6-18-28)30-20-8-10-22-32(30)42(46(40)44)43-35-25-13-11-23-33(35)39(37)45(41)43/h1-13,15-25H,14,26H2. The van der Waals surface area contributed by atoms with Crippen LogP contribution >= 0.6 is 0 Å². The van der Waals surface area contributed by atoms with Gasteiger partial charge >= 0.3 is 0 Å². The third-order valence-corrected chi connectivity index (χ3v) is 10.8. The van der Waals surface area contributed by atoms with Gasteiger partial charge in [-0.25, -0.2) is 0 Å². The van der Waals surface area contributed by atoms with E-state index in [4.69, 9.17) is 0 Å². The number of aryl methyl sites for hydroxylation is 1. The molecule has 1 aliphatic carbocycles. The molecule has 0 saturated carbocycles. The Labute approximate surface area is 266 Å². The largest absolute Gasteiger partial charge is 0.0836 e. The van der Waals surface area contributed by atoms with Crippen LogP contribution in [0.4, 0.5) is 0 Å². The molecule has 0 fully saturated rings. The first-order valence-electron chi connectivity index (χ1n) is 16.4. The SMILES string of the molecule is C1=Cc2c(c3c4c2c(-c2ccccc2)c2ccccc2c4c2c4ccccc4c4c(-c5ccccc5)c5ccccc5c3c42)CC1. The smallest absolute Gasteiger partial charge is 0.0000827 e. The highest BCUT2D eigenvalue weighted by Crippen LogP contribution is 2.58. The summed E-state index contributed by atoms with van der Waals surface area (Å²) in [5.74, 6) is 0. The molecule has 0 unspecified atom stereocenters. The summed E-state index contributed by atoms with van der Waals surface area (Å²) in [6.45, 7) is 0. The first kappa shape index (κ1) is 24.6. The highest BCUT2D eigenvalue weighted by molar-refractivity contribution is 6.52. The number of rotatable bonds is 2. The van der Waals surface area contributed by atoms with E-state index in [9.17, 15) is 0 Å². The van der Waals surface area contributed by atoms with Crippen LogP contribution < -0.4 is 0 Å². The minimum Gasteiger partial charge on any atom is -0.0836 e. The number of allylic oxidation sites excluding steroid dienone is 1. The molecule has 10 aromatic rings. The maximum absolute atomic E-state index is 2.43. The molecule has 212 valence electrons. The lowest BCUT2D eigenvalue weighted by Crippen LogP contribution is -1.92. The summed E-state index contributed by atoms with van der Waals surface area (Å²) in [5, 5.41) is 19.5. The Kier molecular flexibility index (Phi) is 4.77. The van der Waals surface area contributed by atoms with E-state index >= 15 is 0 Å². The van der Waals surface area contributed by atoms with Crippen LogP contribution in [0.1, 0.15) is 17.5 Å². The van der Waals surface area contributed by atoms with Crippen LogP contribution in [0.2, 0.25) is 0 Å². The lowest BCUT2D eigenvalue weighted by Gasteiger charge is -2.18. The van der Waals surface area contributed by atoms with Gasteiger partial charge in [0, 0.05) is 0 Å². The van der Waals surface area contributed by atoms with Crippen molar-refractivity contribution >= 4 is 81.5 Å². The van der Waals surface area contributed by atoms with Crippen molar-refractivity contribution in [2.75, 3.05) is 0 Å². The van der Waals surface area contributed by atoms with Gasteiger partial charge in [0.2, 0.25) is 0 Å². The Morgan fingerprint density at radius 1 is 0.326 bits per heavy atom. The molecule has 0 heterocycles. The lowest BCUT2D eigenvalue weighted by molar-refractivity contribution is 1.00. The van der Waals surface area contributed by atoms with Crippen molar-refractivity contribution in [3.63, 3.8) is 0 Å². The summed E-state index contributed by atoms with van der Waals surface area (Å²) in [7, 11) is 0. The molecule has 0 aromatic heterocycles. The highest BCUT2D eigenvalue weighted by Gasteiger charge is 2.30. The Balaban J connectivity index is 1.56. The van der Waals surface area contributed by atoms with Crippen molar-refractivity contribution in [3.8, 4) is 22.3 Å². The predicted octanol–water partition coefficient (Wildman–Crippen LogP) is 12.9. The fourth-order valence-corrected chi connectivity index (χ4v) is 9.14. The molecule has 0 saturated heterocycles. The van der Waals surface area contributed by atoms with Crippen LogP contribution in [-0.2, 0) is 6.42 Å². The molecule has 0 N–H and O–H groups in total. The van der Waals surface area contributed by atoms with Gasteiger partial charge in [0.25, 0.3) is 0 Å². The normalized spacial score (nSPS) is 13.4. The average Bonchev–Trinajstić information content (AvgIpc) is 3.65. The van der Waals surface area contributed by atoms with Crippen molar-refractivity contribution in [2.45, 2.75) is 12.8 Å². The van der Waals surface area contributed by atoms with Crippen LogP contribution in [0.5, 0.6) is 0 Å². The Hall–Kier alpha value is -5.72. The van der Waals surface area contributed by atoms with Gasteiger partial charge in [0.05, 0.1) is 0 Å². The van der Waals surface area contributed by atoms with E-state index in [1.54, 1.807) is 0 Å². The fraction of sp³-hybridized carbons (Fsp3) is 0.0435. The zero-order chi connectivity index (χ0) is 29.9. The summed E-state index contributed by atoms with van der Waals surface area (Å²) < 4.78 is 0. The van der Waals surface area contributed by atoms with Gasteiger partial charge in [0.15, 0.2) is 0 Å². The minimum atomic E-state index is 1.06. The molecule has 0 bridgehead atoms. The van der Waals surface area contributed by atoms with E-state index in [0.717, 1.165) is 12.8 Å². The van der Waals surface area contributed by atoms with Crippen LogP contribution in [0.25, 0.3) is 104 Å². The first-order valence-corrected chi connectivity index (χ1v) is 16.4. The third kappa shape index (κ3) is 2.95. The quantitative estimate of drug-likeness (QED) is 0.141. The minimum absolute atomic E-state index is 1.06. The molecule has 0 nitrogen and oxygen atoms in total. The van der Waals surface area contributed by atoms with E-state index in [0.29, 0.717) is 0 Å². The topological polar surface area (TPSA) is 0 Å². The summed E-state index contributed by atoms with van der Waals surface area (Å²) in [4.78, 5) is 0. The van der Waals surface area contributed by atoms with Crippen LogP contribution in [0.3, 0.4) is 0 Å². The number of hydrogen-bond acceptors (Lipinski definition) is 0. The van der Waals surface area contributed by atoms with Gasteiger partial charge in [-0.3, -0.25) is 0 Å². The van der Waals surface area contributed by atoms with Crippen LogP contribution in [0, 0.1) is 0 Å². The van der Waals surface area contributed by atoms with Gasteiger partial charge in [-0.2, -0.15) is 0 Å². The van der Waals surface area contributed by atoms with Crippen molar-refractivity contribution in [2.24, 2.45) is 0 Å². The van der Waals surface area contributed by atoms with Gasteiger partial charge in [-0.1, -0.05) is 146 Å². The second-order valence-electron chi connectivity index (χ2n) is 13.0. The van der Waals surface area contributed by atoms with Crippen molar-refractivity contribution in [1.82, 2.24) is 0 Å². The molecule has 0 heteroatoms. The zero-order valence-corrected chi connectivity index (χ0v) is 25.3. The molecular formula is C46H28. The predicted molar refractivity (Wildman–Crippen MR) is 200 cm³/mol. The van der Waals surface area contributed by atoms with Crippen molar-refractivity contribution < 1.29 is 0 Å². The van der Waals surface area contributed by atoms with Gasteiger partial charge in [0.1, 0.15) is 0 Å². The molecule has 0 amide bonds. The molecule has 0 radical (unpaired) electrons. The van der Waals surface area contributed by atoms with Crippen molar-refractivity contribution in [1.29, 1.82) is 0 Å². The summed E-state index contributed by atoms with van der Waals surface area (Å²) >= 11 is 0. The molecule has 1 aliphatic rings. The number of fused-ring (bicyclic) bond motifs is 12. The van der Waals surface area contributed by atoms with Crippen LogP contribution in [0.15, 0.2) is 140 Å². The third-order valence-electron chi connectivity index (χ3n) is 10.8. The summed E-state index contributed by atoms with van der Waals surface area (Å²) in [6.07, 6.45) is 6.96. The number of benzene rings is 8. The van der Waals surface area contributed by atoms with E-state index in [-0.39, 0.29) is 0 Å². The molecule has 46 heavy (non-hydrogen) atoms. The Morgan fingerprint density at radius 3 is 1.30 bits per heavy atom. The van der Waals surface area contributed by atoms with E-state index in [1.807, 2.05) is 0 Å². The van der Waals surface area contributed by atoms with Gasteiger partial charge < -0.3 is 0 Å². The lowest BCUT2D eigenvalue weighted by atomic mass is 9.84. The maximum Gasteiger partial charge on any atom is -0.0000827 e. The Morgan fingerprint density at radius 2 is 0.739 bits per heavy atom. The maximum atomic E-state index is 2.43. The molecule has 11 rings (SSSR count). The Bertz CT molecular complexity index is 2870. The monoisotopic (exact) mass is 580 g/mol. The van der Waals surface area contributed by atoms with Gasteiger partial charge in [-0.05, 0) is 122 Å². The fourth-order valence-electron chi connectivity index (χ4n) is 9.14. The van der Waals surface area contributed by atoms with Crippen molar-refractivity contribution in [3.05, 3.63) is 151 Å². The van der Waals surface area contributed by atoms with Gasteiger partial charge in [-0.15, -0.1) is 0 Å². The molecule has 10 aromatic carbocycles. The average molecular weight is 581 g/mol. The molecule has 0 aliphatic heterocycles. The van der Waals surface area contributed by atoms with E-state index in [1.165, 1.54) is 109 Å². The second-order valence-corrected chi connectivity index (χ2v) is 13.0. The van der Waals surface area contributed by atoms with E-state index < -0.39 is 0 Å². The zero-order valence-electron chi connectivity index (χ0n) is 25.3. The van der Waals surface area contributed by atoms with E-state index in [2.05, 4.69) is 146 Å². The molecular weight excluding hydrogens is 553 g/mol. The van der Waals surface area contributed by atoms with Crippen LogP contribution in [-0.4, -0.2) is 0 Å². The summed E-state index contributed by atoms with van der Waals surface area (Å²) in [5.41, 5.74) is 8.21. The molecule has 0 atom stereocenters. The molecule has 0 spiro atoms. The summed E-state index contributed by atoms with van der Waals surface area (Å²) in [6, 6.07) is 49.7. The number of hydrogen-bond donors (Lipinski definition) is 0.